The van der Waals surface area contributed by atoms with Crippen molar-refractivity contribution in [2.75, 3.05) is 0 Å². The van der Waals surface area contributed by atoms with Gasteiger partial charge in [-0.2, -0.15) is 0 Å². The van der Waals surface area contributed by atoms with Crippen molar-refractivity contribution in [2.24, 2.45) is 5.41 Å². The molecule has 0 aromatic carbocycles. The molecule has 0 aromatic heterocycles. The van der Waals surface area contributed by atoms with E-state index in [0.717, 1.165) is 0 Å². The fourth-order valence-electron chi connectivity index (χ4n) is 1.93. The van der Waals surface area contributed by atoms with E-state index in [1.807, 2.05) is 0 Å². The standard InChI is InChI=1S/C10H18Cl2/c1-10(9(11)12)7-5-3-2-4-6-8-10/h9H,2-8H2,1H3. The van der Waals surface area contributed by atoms with E-state index in [-0.39, 0.29) is 10.3 Å². The number of hydrogen-bond acceptors (Lipinski definition) is 0. The van der Waals surface area contributed by atoms with Crippen molar-refractivity contribution < 1.29 is 0 Å². The molecule has 72 valence electrons. The summed E-state index contributed by atoms with van der Waals surface area (Å²) >= 11 is 12.0. The summed E-state index contributed by atoms with van der Waals surface area (Å²) in [5.41, 5.74) is 0.184. The van der Waals surface area contributed by atoms with Crippen LogP contribution in [0.1, 0.15) is 51.9 Å². The predicted octanol–water partition coefficient (Wildman–Crippen LogP) is 4.54. The fraction of sp³-hybridized carbons (Fsp3) is 1.00. The van der Waals surface area contributed by atoms with Crippen molar-refractivity contribution in [3.8, 4) is 0 Å². The van der Waals surface area contributed by atoms with Crippen LogP contribution in [0.5, 0.6) is 0 Å². The lowest BCUT2D eigenvalue weighted by Crippen LogP contribution is -2.25. The van der Waals surface area contributed by atoms with Crippen molar-refractivity contribution in [1.29, 1.82) is 0 Å². The summed E-state index contributed by atoms with van der Waals surface area (Å²) in [5.74, 6) is 0. The zero-order chi connectivity index (χ0) is 9.03. The smallest absolute Gasteiger partial charge is 0.105 e. The Hall–Kier alpha value is 0.580. The quantitative estimate of drug-likeness (QED) is 0.556. The van der Waals surface area contributed by atoms with Crippen LogP contribution in [-0.2, 0) is 0 Å². The maximum Gasteiger partial charge on any atom is 0.113 e. The van der Waals surface area contributed by atoms with Crippen LogP contribution in [0.15, 0.2) is 0 Å². The highest BCUT2D eigenvalue weighted by molar-refractivity contribution is 6.44. The Labute approximate surface area is 85.6 Å². The lowest BCUT2D eigenvalue weighted by atomic mass is 9.79. The molecule has 0 atom stereocenters. The monoisotopic (exact) mass is 208 g/mol. The maximum absolute atomic E-state index is 5.99. The van der Waals surface area contributed by atoms with E-state index in [2.05, 4.69) is 6.92 Å². The minimum Gasteiger partial charge on any atom is -0.105 e. The first-order valence-electron chi connectivity index (χ1n) is 4.93. The summed E-state index contributed by atoms with van der Waals surface area (Å²) < 4.78 is 0. The van der Waals surface area contributed by atoms with Gasteiger partial charge in [0.15, 0.2) is 0 Å². The normalized spacial score (nSPS) is 25.0. The number of halogens is 2. The molecule has 2 heteroatoms. The third-order valence-electron chi connectivity index (χ3n) is 3.02. The first-order valence-corrected chi connectivity index (χ1v) is 5.81. The molecular formula is C10H18Cl2. The predicted molar refractivity (Wildman–Crippen MR) is 55.9 cm³/mol. The van der Waals surface area contributed by atoms with Gasteiger partial charge in [0, 0.05) is 0 Å². The highest BCUT2D eigenvalue weighted by atomic mass is 35.5. The lowest BCUT2D eigenvalue weighted by Gasteiger charge is -2.32. The van der Waals surface area contributed by atoms with Crippen molar-refractivity contribution in [3.05, 3.63) is 0 Å². The first kappa shape index (κ1) is 10.7. The lowest BCUT2D eigenvalue weighted by molar-refractivity contribution is 0.257. The van der Waals surface area contributed by atoms with Gasteiger partial charge in [-0.25, -0.2) is 0 Å². The van der Waals surface area contributed by atoms with E-state index in [4.69, 9.17) is 23.2 Å². The van der Waals surface area contributed by atoms with Crippen LogP contribution in [0.4, 0.5) is 0 Å². The number of alkyl halides is 2. The van der Waals surface area contributed by atoms with Gasteiger partial charge in [0.05, 0.1) is 0 Å². The molecule has 1 fully saturated rings. The molecule has 0 radical (unpaired) electrons. The molecule has 0 N–H and O–H groups in total. The zero-order valence-electron chi connectivity index (χ0n) is 7.78. The Bertz CT molecular complexity index is 124. The van der Waals surface area contributed by atoms with Crippen LogP contribution in [0.2, 0.25) is 0 Å². The van der Waals surface area contributed by atoms with E-state index in [9.17, 15) is 0 Å². The third-order valence-corrected chi connectivity index (χ3v) is 4.08. The molecule has 1 aliphatic rings. The van der Waals surface area contributed by atoms with Gasteiger partial charge < -0.3 is 0 Å². The molecule has 0 aromatic rings. The van der Waals surface area contributed by atoms with Crippen LogP contribution in [0.3, 0.4) is 0 Å². The van der Waals surface area contributed by atoms with E-state index < -0.39 is 0 Å². The molecule has 0 aliphatic heterocycles. The SMILES string of the molecule is CC1(C(Cl)Cl)CCCCCCC1. The van der Waals surface area contributed by atoms with Crippen LogP contribution < -0.4 is 0 Å². The Morgan fingerprint density at radius 2 is 1.33 bits per heavy atom. The van der Waals surface area contributed by atoms with Gasteiger partial charge in [0.1, 0.15) is 4.84 Å². The molecule has 1 saturated carbocycles. The second-order valence-electron chi connectivity index (χ2n) is 4.22. The zero-order valence-corrected chi connectivity index (χ0v) is 9.29. The van der Waals surface area contributed by atoms with Gasteiger partial charge in [-0.15, -0.1) is 23.2 Å². The van der Waals surface area contributed by atoms with Crippen molar-refractivity contribution in [2.45, 2.75) is 56.7 Å². The van der Waals surface area contributed by atoms with E-state index in [1.54, 1.807) is 0 Å². The molecule has 1 aliphatic carbocycles. The van der Waals surface area contributed by atoms with E-state index >= 15 is 0 Å². The molecule has 1 rings (SSSR count). The molecule has 0 spiro atoms. The van der Waals surface area contributed by atoms with Gasteiger partial charge in [-0.3, -0.25) is 0 Å². The summed E-state index contributed by atoms with van der Waals surface area (Å²) in [6.45, 7) is 2.23. The Kier molecular flexibility index (Phi) is 4.19. The van der Waals surface area contributed by atoms with Crippen LogP contribution in [0.25, 0.3) is 0 Å². The molecular weight excluding hydrogens is 191 g/mol. The van der Waals surface area contributed by atoms with Crippen LogP contribution >= 0.6 is 23.2 Å². The van der Waals surface area contributed by atoms with Gasteiger partial charge >= 0.3 is 0 Å². The van der Waals surface area contributed by atoms with E-state index in [0.29, 0.717) is 0 Å². The highest BCUT2D eigenvalue weighted by Crippen LogP contribution is 2.40. The average molecular weight is 209 g/mol. The summed E-state index contributed by atoms with van der Waals surface area (Å²) in [4.78, 5) is -0.185. The summed E-state index contributed by atoms with van der Waals surface area (Å²) in [6.07, 6.45) is 9.10. The molecule has 12 heavy (non-hydrogen) atoms. The van der Waals surface area contributed by atoms with Crippen LogP contribution in [-0.4, -0.2) is 4.84 Å². The topological polar surface area (TPSA) is 0 Å². The maximum atomic E-state index is 5.99. The van der Waals surface area contributed by atoms with Crippen molar-refractivity contribution >= 4 is 23.2 Å². The molecule has 0 saturated heterocycles. The number of hydrogen-bond donors (Lipinski definition) is 0. The van der Waals surface area contributed by atoms with Crippen molar-refractivity contribution in [1.82, 2.24) is 0 Å². The third kappa shape index (κ3) is 2.81. The van der Waals surface area contributed by atoms with Gasteiger partial charge in [0.2, 0.25) is 0 Å². The summed E-state index contributed by atoms with van der Waals surface area (Å²) in [5, 5.41) is 0. The Balaban J connectivity index is 2.48. The van der Waals surface area contributed by atoms with Gasteiger partial charge in [-0.05, 0) is 18.3 Å². The molecule has 0 unspecified atom stereocenters. The minimum atomic E-state index is -0.185. The average Bonchev–Trinajstić information content (AvgIpc) is 1.97. The molecule has 0 heterocycles. The van der Waals surface area contributed by atoms with E-state index in [1.165, 1.54) is 44.9 Å². The Morgan fingerprint density at radius 3 is 1.75 bits per heavy atom. The summed E-state index contributed by atoms with van der Waals surface area (Å²) in [6, 6.07) is 0. The molecule has 0 nitrogen and oxygen atoms in total. The van der Waals surface area contributed by atoms with Gasteiger partial charge in [0.25, 0.3) is 0 Å². The number of rotatable bonds is 1. The minimum absolute atomic E-state index is 0.184. The van der Waals surface area contributed by atoms with Crippen molar-refractivity contribution in [3.63, 3.8) is 0 Å². The highest BCUT2D eigenvalue weighted by Gasteiger charge is 2.31. The van der Waals surface area contributed by atoms with Gasteiger partial charge in [-0.1, -0.05) is 39.0 Å². The molecule has 0 bridgehead atoms. The first-order chi connectivity index (χ1) is 5.65. The van der Waals surface area contributed by atoms with Crippen LogP contribution in [0, 0.1) is 5.41 Å². The second kappa shape index (κ2) is 4.72. The summed E-state index contributed by atoms with van der Waals surface area (Å²) in [7, 11) is 0. The fourth-order valence-corrected chi connectivity index (χ4v) is 2.37. The Morgan fingerprint density at radius 1 is 0.917 bits per heavy atom. The second-order valence-corrected chi connectivity index (χ2v) is 5.32. The molecule has 0 amide bonds. The largest absolute Gasteiger partial charge is 0.113 e.